The summed E-state index contributed by atoms with van der Waals surface area (Å²) in [6, 6.07) is 7.82. The van der Waals surface area contributed by atoms with Crippen molar-refractivity contribution in [3.63, 3.8) is 0 Å². The molecule has 1 saturated heterocycles. The summed E-state index contributed by atoms with van der Waals surface area (Å²) < 4.78 is 13.9. The first-order valence-electron chi connectivity index (χ1n) is 7.44. The zero-order chi connectivity index (χ0) is 19.7. The highest BCUT2D eigenvalue weighted by Crippen LogP contribution is 2.37. The number of nitro groups is 1. The monoisotopic (exact) mass is 408 g/mol. The van der Waals surface area contributed by atoms with Crippen LogP contribution < -0.4 is 0 Å². The van der Waals surface area contributed by atoms with Gasteiger partial charge in [0, 0.05) is 22.2 Å². The molecule has 138 valence electrons. The van der Waals surface area contributed by atoms with Crippen LogP contribution in [0.3, 0.4) is 0 Å². The summed E-state index contributed by atoms with van der Waals surface area (Å²) in [5, 5.41) is 20.3. The Morgan fingerprint density at radius 3 is 2.63 bits per heavy atom. The highest BCUT2D eigenvalue weighted by Gasteiger charge is 2.36. The predicted octanol–water partition coefficient (Wildman–Crippen LogP) is 4.33. The fourth-order valence-corrected chi connectivity index (χ4v) is 3.48. The molecule has 0 aromatic heterocycles. The maximum atomic E-state index is 13.9. The fraction of sp³-hybridized carbons (Fsp3) is 0.0588. The Morgan fingerprint density at radius 1 is 1.26 bits per heavy atom. The van der Waals surface area contributed by atoms with Gasteiger partial charge in [-0.3, -0.25) is 24.6 Å². The van der Waals surface area contributed by atoms with Crippen molar-refractivity contribution in [1.29, 1.82) is 0 Å². The largest absolute Gasteiger partial charge is 0.502 e. The second-order valence-electron chi connectivity index (χ2n) is 5.44. The second-order valence-corrected chi connectivity index (χ2v) is 6.84. The van der Waals surface area contributed by atoms with Crippen LogP contribution in [-0.4, -0.2) is 26.1 Å². The minimum atomic E-state index is -0.765. The number of imide groups is 1. The van der Waals surface area contributed by atoms with Crippen LogP contribution >= 0.6 is 23.4 Å². The lowest BCUT2D eigenvalue weighted by atomic mass is 10.1. The van der Waals surface area contributed by atoms with Crippen molar-refractivity contribution in [3.05, 3.63) is 73.4 Å². The number of para-hydroxylation sites is 1. The number of halogens is 2. The third-order valence-electron chi connectivity index (χ3n) is 3.78. The van der Waals surface area contributed by atoms with Gasteiger partial charge in [0.1, 0.15) is 5.82 Å². The summed E-state index contributed by atoms with van der Waals surface area (Å²) in [4.78, 5) is 35.6. The van der Waals surface area contributed by atoms with E-state index in [1.54, 1.807) is 0 Å². The quantitative estimate of drug-likeness (QED) is 0.459. The Bertz CT molecular complexity index is 991. The lowest BCUT2D eigenvalue weighted by Crippen LogP contribution is -2.28. The van der Waals surface area contributed by atoms with Gasteiger partial charge in [0.05, 0.1) is 16.4 Å². The van der Waals surface area contributed by atoms with E-state index >= 15 is 0 Å². The van der Waals surface area contributed by atoms with Gasteiger partial charge in [-0.05, 0) is 30.0 Å². The van der Waals surface area contributed by atoms with E-state index in [1.165, 1.54) is 30.3 Å². The Balaban J connectivity index is 1.92. The van der Waals surface area contributed by atoms with Crippen molar-refractivity contribution in [2.45, 2.75) is 6.54 Å². The maximum absolute atomic E-state index is 13.9. The van der Waals surface area contributed by atoms with Gasteiger partial charge < -0.3 is 5.11 Å². The summed E-state index contributed by atoms with van der Waals surface area (Å²) in [7, 11) is 0. The number of rotatable bonds is 4. The van der Waals surface area contributed by atoms with Crippen molar-refractivity contribution in [3.8, 4) is 5.75 Å². The second kappa shape index (κ2) is 7.37. The van der Waals surface area contributed by atoms with Gasteiger partial charge in [-0.15, -0.1) is 0 Å². The summed E-state index contributed by atoms with van der Waals surface area (Å²) in [6.07, 6.45) is 1.18. The maximum Gasteiger partial charge on any atom is 0.311 e. The van der Waals surface area contributed by atoms with Crippen LogP contribution in [0.2, 0.25) is 5.02 Å². The smallest absolute Gasteiger partial charge is 0.311 e. The Labute approximate surface area is 161 Å². The number of hydrogen-bond acceptors (Lipinski definition) is 6. The number of carbonyl (C=O) groups excluding carboxylic acids is 2. The van der Waals surface area contributed by atoms with Crippen LogP contribution in [0.5, 0.6) is 5.75 Å². The molecule has 1 aliphatic heterocycles. The Kier molecular flexibility index (Phi) is 5.15. The zero-order valence-corrected chi connectivity index (χ0v) is 15.0. The molecule has 2 aromatic rings. The molecule has 27 heavy (non-hydrogen) atoms. The average Bonchev–Trinajstić information content (AvgIpc) is 2.86. The van der Waals surface area contributed by atoms with E-state index in [0.29, 0.717) is 11.8 Å². The number of nitro benzene ring substituents is 1. The standard InChI is InChI=1S/C17H10ClFN2O5S/c18-11-4-2-5-12(19)10(11)8-20-16(23)14(27-17(20)24)7-9-3-1-6-13(15(9)22)21(25)26/h1-7,22H,8H2/b14-7-. The van der Waals surface area contributed by atoms with Gasteiger partial charge in [0.25, 0.3) is 11.1 Å². The lowest BCUT2D eigenvalue weighted by molar-refractivity contribution is -0.385. The van der Waals surface area contributed by atoms with Crippen molar-refractivity contribution in [1.82, 2.24) is 4.90 Å². The van der Waals surface area contributed by atoms with Gasteiger partial charge in [-0.1, -0.05) is 29.8 Å². The first kappa shape index (κ1) is 18.9. The molecule has 0 unspecified atom stereocenters. The van der Waals surface area contributed by atoms with Crippen LogP contribution in [0, 0.1) is 15.9 Å². The molecule has 0 spiro atoms. The molecule has 0 saturated carbocycles. The fourth-order valence-electron chi connectivity index (χ4n) is 2.43. The van der Waals surface area contributed by atoms with Crippen LogP contribution in [0.4, 0.5) is 14.9 Å². The topological polar surface area (TPSA) is 101 Å². The summed E-state index contributed by atoms with van der Waals surface area (Å²) in [5.41, 5.74) is -0.513. The number of phenols is 1. The molecule has 1 fully saturated rings. The Hall–Kier alpha value is -2.91. The highest BCUT2D eigenvalue weighted by molar-refractivity contribution is 8.18. The number of thioether (sulfide) groups is 1. The molecule has 2 aromatic carbocycles. The average molecular weight is 409 g/mol. The van der Waals surface area contributed by atoms with Crippen LogP contribution in [0.25, 0.3) is 6.08 Å². The highest BCUT2D eigenvalue weighted by atomic mass is 35.5. The molecule has 2 amide bonds. The molecular formula is C17H10ClFN2O5S. The lowest BCUT2D eigenvalue weighted by Gasteiger charge is -2.14. The van der Waals surface area contributed by atoms with Gasteiger partial charge in [-0.2, -0.15) is 0 Å². The molecule has 1 aliphatic rings. The van der Waals surface area contributed by atoms with Crippen molar-refractivity contribution in [2.75, 3.05) is 0 Å². The number of phenolic OH excluding ortho intramolecular Hbond substituents is 1. The summed E-state index contributed by atoms with van der Waals surface area (Å²) >= 11 is 6.51. The van der Waals surface area contributed by atoms with Gasteiger partial charge >= 0.3 is 5.69 Å². The van der Waals surface area contributed by atoms with Gasteiger partial charge in [0.15, 0.2) is 0 Å². The predicted molar refractivity (Wildman–Crippen MR) is 97.7 cm³/mol. The number of hydrogen-bond donors (Lipinski definition) is 1. The number of nitrogens with zero attached hydrogens (tertiary/aromatic N) is 2. The minimum absolute atomic E-state index is 0.000845. The van der Waals surface area contributed by atoms with Crippen molar-refractivity contribution >= 4 is 46.3 Å². The van der Waals surface area contributed by atoms with Crippen LogP contribution in [0.1, 0.15) is 11.1 Å². The van der Waals surface area contributed by atoms with E-state index < -0.39 is 33.3 Å². The molecule has 10 heteroatoms. The number of aromatic hydroxyl groups is 1. The van der Waals surface area contributed by atoms with E-state index in [4.69, 9.17) is 11.6 Å². The molecule has 0 radical (unpaired) electrons. The molecule has 0 bridgehead atoms. The molecular weight excluding hydrogens is 399 g/mol. The summed E-state index contributed by atoms with van der Waals surface area (Å²) in [6.45, 7) is -0.353. The zero-order valence-electron chi connectivity index (χ0n) is 13.4. The normalized spacial score (nSPS) is 15.6. The van der Waals surface area contributed by atoms with Gasteiger partial charge in [-0.25, -0.2) is 4.39 Å². The molecule has 0 aliphatic carbocycles. The SMILES string of the molecule is O=C1S/C(=C\c2cccc([N+](=O)[O-])c2O)C(=O)N1Cc1c(F)cccc1Cl. The molecule has 1 heterocycles. The molecule has 3 rings (SSSR count). The number of benzene rings is 2. The number of carbonyl (C=O) groups is 2. The number of amides is 2. The van der Waals surface area contributed by atoms with E-state index in [2.05, 4.69) is 0 Å². The molecule has 7 nitrogen and oxygen atoms in total. The van der Waals surface area contributed by atoms with Crippen LogP contribution in [-0.2, 0) is 11.3 Å². The molecule has 1 N–H and O–H groups in total. The third kappa shape index (κ3) is 3.64. The van der Waals surface area contributed by atoms with E-state index in [-0.39, 0.29) is 27.6 Å². The van der Waals surface area contributed by atoms with Gasteiger partial charge in [0.2, 0.25) is 5.75 Å². The Morgan fingerprint density at radius 2 is 1.96 bits per heavy atom. The molecule has 0 atom stereocenters. The van der Waals surface area contributed by atoms with E-state index in [1.807, 2.05) is 0 Å². The first-order chi connectivity index (χ1) is 12.8. The van der Waals surface area contributed by atoms with E-state index in [9.17, 15) is 29.2 Å². The third-order valence-corrected chi connectivity index (χ3v) is 5.04. The van der Waals surface area contributed by atoms with Crippen molar-refractivity contribution < 1.29 is 24.0 Å². The minimum Gasteiger partial charge on any atom is -0.502 e. The van der Waals surface area contributed by atoms with E-state index in [0.717, 1.165) is 17.0 Å². The first-order valence-corrected chi connectivity index (χ1v) is 8.63. The van der Waals surface area contributed by atoms with Crippen molar-refractivity contribution in [2.24, 2.45) is 0 Å². The van der Waals surface area contributed by atoms with Crippen LogP contribution in [0.15, 0.2) is 41.3 Å². The summed E-state index contributed by atoms with van der Waals surface area (Å²) in [5.74, 6) is -1.98.